The first-order valence-corrected chi connectivity index (χ1v) is 13.4. The summed E-state index contributed by atoms with van der Waals surface area (Å²) < 4.78 is 0. The van der Waals surface area contributed by atoms with E-state index in [1.54, 1.807) is 0 Å². The van der Waals surface area contributed by atoms with Crippen molar-refractivity contribution < 1.29 is 19.2 Å². The lowest BCUT2D eigenvalue weighted by Crippen LogP contribution is -2.20. The van der Waals surface area contributed by atoms with Crippen molar-refractivity contribution in [3.8, 4) is 0 Å². The molecule has 4 aromatic heterocycles. The van der Waals surface area contributed by atoms with Crippen LogP contribution in [0.3, 0.4) is 0 Å². The minimum atomic E-state index is -0.291. The van der Waals surface area contributed by atoms with Gasteiger partial charge in [-0.3, -0.25) is 19.2 Å². The highest BCUT2D eigenvalue weighted by molar-refractivity contribution is 6.26. The number of nitrogens with zero attached hydrogens (tertiary/aromatic N) is 4. The predicted octanol–water partition coefficient (Wildman–Crippen LogP) is 4.31. The number of hydrogen-bond donors (Lipinski definition) is 4. The number of ketones is 4. The van der Waals surface area contributed by atoms with Gasteiger partial charge in [0.15, 0.2) is 0 Å². The zero-order valence-electron chi connectivity index (χ0n) is 23.7. The highest BCUT2D eigenvalue weighted by atomic mass is 16.2. The molecule has 0 aliphatic heterocycles. The molecule has 40 heavy (non-hydrogen) atoms. The lowest BCUT2D eigenvalue weighted by atomic mass is 10.00. The van der Waals surface area contributed by atoms with Crippen molar-refractivity contribution in [3.63, 3.8) is 0 Å². The Bertz CT molecular complexity index is 1350. The van der Waals surface area contributed by atoms with Gasteiger partial charge in [0, 0.05) is 23.7 Å². The van der Waals surface area contributed by atoms with Crippen molar-refractivity contribution in [2.24, 2.45) is 0 Å². The molecule has 0 saturated carbocycles. The van der Waals surface area contributed by atoms with E-state index in [-0.39, 0.29) is 92.4 Å². The van der Waals surface area contributed by atoms with Gasteiger partial charge in [0.1, 0.15) is 68.8 Å². The minimum absolute atomic E-state index is 0.124. The molecule has 12 nitrogen and oxygen atoms in total. The summed E-state index contributed by atoms with van der Waals surface area (Å²) in [5, 5.41) is 0. The Kier molecular flexibility index (Phi) is 6.51. The first kappa shape index (κ1) is 27.1. The number of imidazole rings is 4. The van der Waals surface area contributed by atoms with E-state index in [0.717, 1.165) is 0 Å². The zero-order chi connectivity index (χ0) is 29.2. The third kappa shape index (κ3) is 4.23. The van der Waals surface area contributed by atoms with E-state index in [1.165, 1.54) is 0 Å². The van der Waals surface area contributed by atoms with Crippen LogP contribution in [0.4, 0.5) is 0 Å². The maximum atomic E-state index is 12.4. The number of aromatic amines is 4. The summed E-state index contributed by atoms with van der Waals surface area (Å²) in [7, 11) is 0. The molecule has 0 unspecified atom stereocenters. The van der Waals surface area contributed by atoms with E-state index in [1.807, 2.05) is 55.4 Å². The molecule has 2 aliphatic carbocycles. The van der Waals surface area contributed by atoms with Crippen LogP contribution in [0.15, 0.2) is 0 Å². The number of carbonyl (C=O) groups is 4. The van der Waals surface area contributed by atoms with Crippen molar-refractivity contribution in [2.75, 3.05) is 0 Å². The SMILES string of the molecule is CC(C)c1nc2c([nH]1)C(=O)c1[nH]c(C(C)C)nc1C2=O.CC(C)c1nc2c([nH]1)C(=O)c1[nH]c(C(C)C)nc1C2=O. The lowest BCUT2D eigenvalue weighted by molar-refractivity contribution is 0.0969. The third-order valence-electron chi connectivity index (χ3n) is 6.84. The smallest absolute Gasteiger partial charge is 0.234 e. The third-order valence-corrected chi connectivity index (χ3v) is 6.84. The Morgan fingerprint density at radius 3 is 0.750 bits per heavy atom. The van der Waals surface area contributed by atoms with E-state index in [9.17, 15) is 19.2 Å². The number of rotatable bonds is 4. The van der Waals surface area contributed by atoms with Crippen LogP contribution in [0.25, 0.3) is 0 Å². The van der Waals surface area contributed by atoms with Crippen molar-refractivity contribution in [3.05, 3.63) is 68.8 Å². The Labute approximate surface area is 230 Å². The second-order valence-corrected chi connectivity index (χ2v) is 11.3. The molecule has 4 aromatic rings. The number of nitrogens with one attached hydrogen (secondary N) is 4. The predicted molar refractivity (Wildman–Crippen MR) is 144 cm³/mol. The van der Waals surface area contributed by atoms with Gasteiger partial charge in [-0.15, -0.1) is 0 Å². The second-order valence-electron chi connectivity index (χ2n) is 11.3. The van der Waals surface area contributed by atoms with Gasteiger partial charge in [-0.05, 0) is 0 Å². The Hall–Kier alpha value is -4.48. The number of carbonyl (C=O) groups excluding carboxylic acids is 4. The van der Waals surface area contributed by atoms with E-state index < -0.39 is 0 Å². The summed E-state index contributed by atoms with van der Waals surface area (Å²) in [6, 6.07) is 0. The van der Waals surface area contributed by atoms with Crippen LogP contribution in [-0.2, 0) is 0 Å². The first-order chi connectivity index (χ1) is 18.8. The van der Waals surface area contributed by atoms with Crippen molar-refractivity contribution in [1.82, 2.24) is 39.9 Å². The van der Waals surface area contributed by atoms with E-state index >= 15 is 0 Å². The zero-order valence-corrected chi connectivity index (χ0v) is 23.7. The summed E-state index contributed by atoms with van der Waals surface area (Å²) in [5.74, 6) is 2.01. The molecule has 0 amide bonds. The quantitative estimate of drug-likeness (QED) is 0.253. The first-order valence-electron chi connectivity index (χ1n) is 13.4. The van der Waals surface area contributed by atoms with Crippen LogP contribution >= 0.6 is 0 Å². The fraction of sp³-hybridized carbons (Fsp3) is 0.429. The van der Waals surface area contributed by atoms with Crippen molar-refractivity contribution in [2.45, 2.75) is 79.1 Å². The Morgan fingerprint density at radius 2 is 0.575 bits per heavy atom. The average molecular weight is 545 g/mol. The monoisotopic (exact) mass is 544 g/mol. The molecule has 0 atom stereocenters. The van der Waals surface area contributed by atoms with Gasteiger partial charge in [-0.1, -0.05) is 55.4 Å². The summed E-state index contributed by atoms with van der Waals surface area (Å²) in [4.78, 5) is 78.6. The maximum Gasteiger partial charge on any atom is 0.234 e. The minimum Gasteiger partial charge on any atom is -0.338 e. The Morgan fingerprint density at radius 1 is 0.375 bits per heavy atom. The van der Waals surface area contributed by atoms with Gasteiger partial charge in [0.2, 0.25) is 23.1 Å². The molecule has 208 valence electrons. The molecule has 0 saturated heterocycles. The van der Waals surface area contributed by atoms with Crippen molar-refractivity contribution in [1.29, 1.82) is 0 Å². The van der Waals surface area contributed by atoms with Crippen molar-refractivity contribution >= 4 is 23.1 Å². The summed E-state index contributed by atoms with van der Waals surface area (Å²) in [6.45, 7) is 15.6. The molecular formula is C28H32N8O4. The molecule has 12 heteroatoms. The van der Waals surface area contributed by atoms with Crippen LogP contribution in [0.2, 0.25) is 0 Å². The maximum absolute atomic E-state index is 12.4. The normalized spacial score (nSPS) is 14.1. The number of H-pyrrole nitrogens is 4. The van der Waals surface area contributed by atoms with E-state index in [0.29, 0.717) is 23.3 Å². The number of hydrogen-bond acceptors (Lipinski definition) is 8. The van der Waals surface area contributed by atoms with Gasteiger partial charge in [0.25, 0.3) is 0 Å². The molecule has 6 rings (SSSR count). The van der Waals surface area contributed by atoms with Gasteiger partial charge in [-0.2, -0.15) is 0 Å². The molecule has 0 aromatic carbocycles. The summed E-state index contributed by atoms with van der Waals surface area (Å²) in [5.41, 5.74) is 1.83. The highest BCUT2D eigenvalue weighted by Gasteiger charge is 2.38. The average Bonchev–Trinajstić information content (AvgIpc) is 3.69. The number of fused-ring (bicyclic) bond motifs is 4. The molecule has 0 bridgehead atoms. The van der Waals surface area contributed by atoms with E-state index in [4.69, 9.17) is 0 Å². The van der Waals surface area contributed by atoms with E-state index in [2.05, 4.69) is 39.9 Å². The Balaban J connectivity index is 0.000000161. The van der Waals surface area contributed by atoms with Crippen LogP contribution in [0, 0.1) is 0 Å². The van der Waals surface area contributed by atoms with Crippen LogP contribution in [0.5, 0.6) is 0 Å². The summed E-state index contributed by atoms with van der Waals surface area (Å²) >= 11 is 0. The topological polar surface area (TPSA) is 183 Å². The van der Waals surface area contributed by atoms with Gasteiger partial charge in [0.05, 0.1) is 0 Å². The fourth-order valence-corrected chi connectivity index (χ4v) is 4.45. The van der Waals surface area contributed by atoms with Gasteiger partial charge >= 0.3 is 0 Å². The van der Waals surface area contributed by atoms with Gasteiger partial charge < -0.3 is 19.9 Å². The molecular weight excluding hydrogens is 512 g/mol. The fourth-order valence-electron chi connectivity index (χ4n) is 4.45. The molecule has 4 N–H and O–H groups in total. The lowest BCUT2D eigenvalue weighted by Gasteiger charge is -2.06. The molecule has 0 spiro atoms. The number of aromatic nitrogens is 8. The molecule has 2 aliphatic rings. The second kappa shape index (κ2) is 9.61. The van der Waals surface area contributed by atoms with Crippen LogP contribution < -0.4 is 0 Å². The highest BCUT2D eigenvalue weighted by Crippen LogP contribution is 2.29. The van der Waals surface area contributed by atoms with Gasteiger partial charge in [-0.25, -0.2) is 19.9 Å². The van der Waals surface area contributed by atoms with Crippen LogP contribution in [-0.4, -0.2) is 63.0 Å². The summed E-state index contributed by atoms with van der Waals surface area (Å²) in [6.07, 6.45) is 0. The largest absolute Gasteiger partial charge is 0.338 e. The standard InChI is InChI=1S/2C14H16N4O2/c2*1-5(2)13-15-7-8(16-13)12(20)10-9(11(7)19)17-14(18-10)6(3)4/h2*5-6H,1-4H3,(H,15,16)(H,17,18). The molecule has 0 fully saturated rings. The molecule has 0 radical (unpaired) electrons. The molecule has 4 heterocycles. The van der Waals surface area contributed by atoms with Crippen LogP contribution in [0.1, 0.15) is 167 Å².